The van der Waals surface area contributed by atoms with Crippen molar-refractivity contribution < 1.29 is 41.1 Å². The van der Waals surface area contributed by atoms with Crippen LogP contribution in [0.15, 0.2) is 49.1 Å². The average molecular weight is 673 g/mol. The van der Waals surface area contributed by atoms with Crippen LogP contribution >= 0.6 is 0 Å². The van der Waals surface area contributed by atoms with E-state index in [4.69, 9.17) is 4.74 Å². The van der Waals surface area contributed by atoms with Crippen molar-refractivity contribution in [1.82, 2.24) is 30.2 Å². The highest BCUT2D eigenvalue weighted by atomic mass is 19.4. The summed E-state index contributed by atoms with van der Waals surface area (Å²) >= 11 is 0. The number of aromatic nitrogens is 4. The van der Waals surface area contributed by atoms with Gasteiger partial charge in [0.15, 0.2) is 11.6 Å². The van der Waals surface area contributed by atoms with Gasteiger partial charge >= 0.3 is 18.2 Å². The fourth-order valence-corrected chi connectivity index (χ4v) is 4.99. The summed E-state index contributed by atoms with van der Waals surface area (Å²) in [5.74, 6) is -6.88. The van der Waals surface area contributed by atoms with Gasteiger partial charge in [-0.2, -0.15) is 18.2 Å². The predicted octanol–water partition coefficient (Wildman–Crippen LogP) is 5.40. The van der Waals surface area contributed by atoms with Crippen LogP contribution in [-0.2, 0) is 17.9 Å². The molecule has 0 saturated heterocycles. The lowest BCUT2D eigenvalue weighted by molar-refractivity contribution is -0.189. The molecular weight excluding hydrogens is 643 g/mol. The molecule has 1 aliphatic rings. The summed E-state index contributed by atoms with van der Waals surface area (Å²) < 4.78 is 77.5. The molecule has 0 radical (unpaired) electrons. The van der Waals surface area contributed by atoms with Crippen LogP contribution in [0.4, 0.5) is 44.2 Å². The Morgan fingerprint density at radius 1 is 1.10 bits per heavy atom. The molecule has 3 amide bonds. The molecular formula is C31H29F5N8O4. The molecule has 0 bridgehead atoms. The smallest absolute Gasteiger partial charge is 0.418 e. The van der Waals surface area contributed by atoms with Gasteiger partial charge in [-0.05, 0) is 51.0 Å². The minimum atomic E-state index is -5.44. The summed E-state index contributed by atoms with van der Waals surface area (Å²) in [7, 11) is 0. The monoisotopic (exact) mass is 672 g/mol. The number of imidazole rings is 1. The maximum Gasteiger partial charge on any atom is 0.491 e. The number of para-hydroxylation sites is 1. The van der Waals surface area contributed by atoms with E-state index in [9.17, 15) is 27.6 Å². The number of hydrogen-bond acceptors (Lipinski definition) is 8. The number of amides is 3. The van der Waals surface area contributed by atoms with Crippen molar-refractivity contribution in [3.63, 3.8) is 0 Å². The first kappa shape index (κ1) is 33.7. The molecule has 0 atom stereocenters. The first-order valence-electron chi connectivity index (χ1n) is 14.6. The number of esters is 1. The topological polar surface area (TPSA) is 143 Å². The van der Waals surface area contributed by atoms with Crippen LogP contribution in [0.3, 0.4) is 0 Å². The second-order valence-corrected chi connectivity index (χ2v) is 11.0. The summed E-state index contributed by atoms with van der Waals surface area (Å²) in [6.07, 6.45) is 0.0439. The number of rotatable bonds is 10. The van der Waals surface area contributed by atoms with Gasteiger partial charge in [0.2, 0.25) is 5.95 Å². The van der Waals surface area contributed by atoms with E-state index in [1.54, 1.807) is 32.6 Å². The van der Waals surface area contributed by atoms with Crippen LogP contribution in [0, 0.1) is 18.6 Å². The first-order chi connectivity index (χ1) is 22.8. The van der Waals surface area contributed by atoms with Gasteiger partial charge in [0.05, 0.1) is 24.1 Å². The minimum Gasteiger partial charge on any atom is -0.418 e. The van der Waals surface area contributed by atoms with E-state index in [-0.39, 0.29) is 47.2 Å². The van der Waals surface area contributed by atoms with E-state index in [2.05, 4.69) is 30.9 Å². The Labute approximate surface area is 270 Å². The number of urea groups is 1. The second-order valence-electron chi connectivity index (χ2n) is 11.0. The number of fused-ring (bicyclic) bond motifs is 1. The van der Waals surface area contributed by atoms with Crippen molar-refractivity contribution >= 4 is 35.4 Å². The van der Waals surface area contributed by atoms with E-state index in [1.165, 1.54) is 19.1 Å². The van der Waals surface area contributed by atoms with Crippen molar-refractivity contribution in [2.75, 3.05) is 16.8 Å². The standard InChI is InChI=1S/C31H29F5N8O4/c1-16(2)40-27(45)18-9-8-17(3)22(25(18)48-28(46)31(34,35)36)23-19-14-39-30(47)44(24-20(32)6-4-7-21(24)33)26(19)42-29(41-23)38-10-5-12-43-13-11-37-15-43/h4,6-9,11,13,15-16H,5,10,12,14H2,1-3H3,(H,39,47)(H,40,45)(H,38,41,42). The fourth-order valence-electron chi connectivity index (χ4n) is 4.99. The number of halogens is 5. The van der Waals surface area contributed by atoms with Gasteiger partial charge < -0.3 is 25.3 Å². The van der Waals surface area contributed by atoms with Crippen LogP contribution in [0.5, 0.6) is 5.75 Å². The summed E-state index contributed by atoms with van der Waals surface area (Å²) in [6.45, 7) is 5.16. The second kappa shape index (κ2) is 13.6. The normalized spacial score (nSPS) is 12.9. The van der Waals surface area contributed by atoms with Gasteiger partial charge in [-0.25, -0.2) is 33.2 Å². The molecule has 5 rings (SSSR count). The Morgan fingerprint density at radius 2 is 1.83 bits per heavy atom. The fraction of sp³-hybridized carbons (Fsp3) is 0.290. The zero-order valence-electron chi connectivity index (χ0n) is 25.8. The van der Waals surface area contributed by atoms with Crippen molar-refractivity contribution in [3.05, 3.63) is 77.4 Å². The molecule has 48 heavy (non-hydrogen) atoms. The highest BCUT2D eigenvalue weighted by Crippen LogP contribution is 2.43. The Hall–Kier alpha value is -5.61. The number of benzene rings is 2. The van der Waals surface area contributed by atoms with E-state index < -0.39 is 58.8 Å². The minimum absolute atomic E-state index is 0.00930. The number of carbonyl (C=O) groups excluding carboxylic acids is 3. The number of ether oxygens (including phenoxy) is 1. The molecule has 0 unspecified atom stereocenters. The van der Waals surface area contributed by atoms with Crippen LogP contribution in [0.25, 0.3) is 11.3 Å². The Morgan fingerprint density at radius 3 is 2.48 bits per heavy atom. The molecule has 3 heterocycles. The maximum absolute atomic E-state index is 15.1. The molecule has 3 N–H and O–H groups in total. The van der Waals surface area contributed by atoms with Crippen molar-refractivity contribution in [3.8, 4) is 17.0 Å². The number of nitrogens with one attached hydrogen (secondary N) is 3. The molecule has 252 valence electrons. The molecule has 17 heteroatoms. The molecule has 1 aliphatic heterocycles. The van der Waals surface area contributed by atoms with E-state index in [0.29, 0.717) is 17.9 Å². The average Bonchev–Trinajstić information content (AvgIpc) is 3.53. The van der Waals surface area contributed by atoms with E-state index in [0.717, 1.165) is 18.2 Å². The van der Waals surface area contributed by atoms with Crippen LogP contribution in [0.1, 0.15) is 41.8 Å². The Kier molecular flexibility index (Phi) is 9.58. The number of aryl methyl sites for hydroxylation is 2. The number of anilines is 3. The van der Waals surface area contributed by atoms with Crippen molar-refractivity contribution in [2.24, 2.45) is 0 Å². The Bertz CT molecular complexity index is 1840. The number of carbonyl (C=O) groups is 3. The SMILES string of the molecule is Cc1ccc(C(=O)NC(C)C)c(OC(=O)C(F)(F)F)c1-c1nc(NCCCn2ccnc2)nc2c1CNC(=O)N2c1c(F)cccc1F. The highest BCUT2D eigenvalue weighted by Gasteiger charge is 2.43. The first-order valence-corrected chi connectivity index (χ1v) is 14.6. The summed E-state index contributed by atoms with van der Waals surface area (Å²) in [5, 5.41) is 8.03. The zero-order valence-corrected chi connectivity index (χ0v) is 25.8. The van der Waals surface area contributed by atoms with Gasteiger partial charge in [0, 0.05) is 42.7 Å². The predicted molar refractivity (Wildman–Crippen MR) is 163 cm³/mol. The summed E-state index contributed by atoms with van der Waals surface area (Å²) in [4.78, 5) is 52.2. The lowest BCUT2D eigenvalue weighted by atomic mass is 9.95. The summed E-state index contributed by atoms with van der Waals surface area (Å²) in [6, 6.07) is 4.19. The third kappa shape index (κ3) is 7.03. The molecule has 0 spiro atoms. The third-order valence-corrected chi connectivity index (χ3v) is 7.11. The van der Waals surface area contributed by atoms with Crippen LogP contribution < -0.4 is 25.6 Å². The maximum atomic E-state index is 15.1. The molecule has 2 aromatic carbocycles. The molecule has 12 nitrogen and oxygen atoms in total. The molecule has 4 aromatic rings. The van der Waals surface area contributed by atoms with Gasteiger partial charge in [0.1, 0.15) is 17.3 Å². The van der Waals surface area contributed by atoms with E-state index in [1.807, 2.05) is 4.57 Å². The third-order valence-electron chi connectivity index (χ3n) is 7.11. The van der Waals surface area contributed by atoms with Crippen molar-refractivity contribution in [1.29, 1.82) is 0 Å². The lowest BCUT2D eigenvalue weighted by Gasteiger charge is -2.31. The van der Waals surface area contributed by atoms with Gasteiger partial charge in [-0.3, -0.25) is 4.79 Å². The Balaban J connectivity index is 1.73. The van der Waals surface area contributed by atoms with Crippen LogP contribution in [0.2, 0.25) is 0 Å². The summed E-state index contributed by atoms with van der Waals surface area (Å²) in [5.41, 5.74) is -1.34. The molecule has 0 fully saturated rings. The lowest BCUT2D eigenvalue weighted by Crippen LogP contribution is -2.43. The van der Waals surface area contributed by atoms with E-state index >= 15 is 8.78 Å². The quantitative estimate of drug-likeness (QED) is 0.0881. The zero-order chi connectivity index (χ0) is 34.7. The van der Waals surface area contributed by atoms with Crippen LogP contribution in [-0.4, -0.2) is 56.2 Å². The molecule has 0 aliphatic carbocycles. The molecule has 2 aromatic heterocycles. The van der Waals surface area contributed by atoms with Gasteiger partial charge in [-0.1, -0.05) is 12.1 Å². The number of nitrogens with zero attached hydrogens (tertiary/aromatic N) is 5. The highest BCUT2D eigenvalue weighted by molar-refractivity contribution is 6.04. The van der Waals surface area contributed by atoms with Crippen molar-refractivity contribution in [2.45, 2.75) is 52.5 Å². The molecule has 0 saturated carbocycles. The van der Waals surface area contributed by atoms with Gasteiger partial charge in [-0.15, -0.1) is 0 Å². The number of alkyl halides is 3. The largest absolute Gasteiger partial charge is 0.491 e. The number of hydrogen-bond donors (Lipinski definition) is 3. The van der Waals surface area contributed by atoms with Gasteiger partial charge in [0.25, 0.3) is 5.91 Å².